The lowest BCUT2D eigenvalue weighted by atomic mass is 9.93. The topological polar surface area (TPSA) is 45.5 Å². The average molecular weight is 473 g/mol. The SMILES string of the molecule is Cc1cc([C@@H](c2ccc(Br)cc2)N2CCC(C)CC2)c(NC(=O)c2ccco2)s1. The van der Waals surface area contributed by atoms with Gasteiger partial charge in [0.25, 0.3) is 5.91 Å². The van der Waals surface area contributed by atoms with Crippen molar-refractivity contribution in [2.45, 2.75) is 32.7 Å². The van der Waals surface area contributed by atoms with E-state index < -0.39 is 0 Å². The van der Waals surface area contributed by atoms with E-state index in [0.29, 0.717) is 5.76 Å². The summed E-state index contributed by atoms with van der Waals surface area (Å²) in [5.74, 6) is 0.882. The molecule has 4 rings (SSSR count). The van der Waals surface area contributed by atoms with Gasteiger partial charge in [-0.15, -0.1) is 11.3 Å². The Morgan fingerprint density at radius 2 is 1.97 bits per heavy atom. The zero-order chi connectivity index (χ0) is 20.4. The minimum atomic E-state index is -0.208. The number of hydrogen-bond acceptors (Lipinski definition) is 4. The quantitative estimate of drug-likeness (QED) is 0.461. The largest absolute Gasteiger partial charge is 0.459 e. The maximum absolute atomic E-state index is 12.6. The molecule has 3 aromatic rings. The first-order valence-corrected chi connectivity index (χ1v) is 11.6. The van der Waals surface area contributed by atoms with Gasteiger partial charge in [0.15, 0.2) is 5.76 Å². The lowest BCUT2D eigenvalue weighted by Gasteiger charge is -2.37. The number of aryl methyl sites for hydroxylation is 1. The number of furan rings is 1. The van der Waals surface area contributed by atoms with Gasteiger partial charge in [-0.25, -0.2) is 0 Å². The molecule has 0 unspecified atom stereocenters. The number of carbonyl (C=O) groups excluding carboxylic acids is 1. The zero-order valence-electron chi connectivity index (χ0n) is 16.7. The van der Waals surface area contributed by atoms with Crippen molar-refractivity contribution in [2.75, 3.05) is 18.4 Å². The summed E-state index contributed by atoms with van der Waals surface area (Å²) < 4.78 is 6.35. The van der Waals surface area contributed by atoms with Crippen molar-refractivity contribution in [3.63, 3.8) is 0 Å². The fourth-order valence-electron chi connectivity index (χ4n) is 3.93. The van der Waals surface area contributed by atoms with Crippen molar-refractivity contribution in [3.8, 4) is 0 Å². The van der Waals surface area contributed by atoms with Gasteiger partial charge in [0.05, 0.1) is 12.3 Å². The summed E-state index contributed by atoms with van der Waals surface area (Å²) in [7, 11) is 0. The summed E-state index contributed by atoms with van der Waals surface area (Å²) in [6, 6.07) is 14.3. The van der Waals surface area contributed by atoms with Crippen molar-refractivity contribution >= 4 is 38.2 Å². The van der Waals surface area contributed by atoms with Gasteiger partial charge < -0.3 is 9.73 Å². The van der Waals surface area contributed by atoms with Gasteiger partial charge in [-0.1, -0.05) is 35.0 Å². The molecule has 2 aromatic heterocycles. The van der Waals surface area contributed by atoms with Gasteiger partial charge in [0.1, 0.15) is 5.00 Å². The van der Waals surface area contributed by atoms with E-state index in [4.69, 9.17) is 4.42 Å². The van der Waals surface area contributed by atoms with Crippen LogP contribution in [0.5, 0.6) is 0 Å². The Bertz CT molecular complexity index is 957. The molecule has 1 amide bonds. The molecule has 0 aliphatic carbocycles. The second-order valence-electron chi connectivity index (χ2n) is 7.75. The fourth-order valence-corrected chi connectivity index (χ4v) is 5.13. The minimum Gasteiger partial charge on any atom is -0.459 e. The Kier molecular flexibility index (Phi) is 6.23. The zero-order valence-corrected chi connectivity index (χ0v) is 19.1. The lowest BCUT2D eigenvalue weighted by Crippen LogP contribution is -2.37. The minimum absolute atomic E-state index is 0.118. The predicted molar refractivity (Wildman–Crippen MR) is 122 cm³/mol. The standard InChI is InChI=1S/C23H25BrN2O2S/c1-15-9-11-26(12-10-15)21(17-5-7-18(24)8-6-17)19-14-16(2)29-23(19)25-22(27)20-4-3-13-28-20/h3-8,13-15,21H,9-12H2,1-2H3,(H,25,27)/t21-/m1/s1. The molecule has 1 aromatic carbocycles. The molecule has 1 aliphatic rings. The molecule has 3 heterocycles. The van der Waals surface area contributed by atoms with Crippen LogP contribution in [-0.4, -0.2) is 23.9 Å². The monoisotopic (exact) mass is 472 g/mol. The molecule has 1 fully saturated rings. The van der Waals surface area contributed by atoms with Crippen LogP contribution in [-0.2, 0) is 0 Å². The highest BCUT2D eigenvalue weighted by molar-refractivity contribution is 9.10. The molecular weight excluding hydrogens is 448 g/mol. The van der Waals surface area contributed by atoms with Crippen molar-refractivity contribution < 1.29 is 9.21 Å². The highest BCUT2D eigenvalue weighted by Crippen LogP contribution is 2.40. The number of thiophene rings is 1. The molecule has 0 bridgehead atoms. The molecule has 1 aliphatic heterocycles. The molecule has 152 valence electrons. The Morgan fingerprint density at radius 1 is 1.24 bits per heavy atom. The Labute approximate surface area is 184 Å². The lowest BCUT2D eigenvalue weighted by molar-refractivity contribution is 0.0996. The number of carbonyl (C=O) groups is 1. The van der Waals surface area contributed by atoms with E-state index in [1.807, 2.05) is 0 Å². The maximum atomic E-state index is 12.6. The number of nitrogens with one attached hydrogen (secondary N) is 1. The van der Waals surface area contributed by atoms with Crippen LogP contribution < -0.4 is 5.32 Å². The van der Waals surface area contributed by atoms with Crippen molar-refractivity contribution in [1.29, 1.82) is 0 Å². The van der Waals surface area contributed by atoms with Crippen LogP contribution in [0.15, 0.2) is 57.6 Å². The van der Waals surface area contributed by atoms with Gasteiger partial charge in [-0.05, 0) is 74.7 Å². The van der Waals surface area contributed by atoms with Crippen LogP contribution in [0.2, 0.25) is 0 Å². The third-order valence-electron chi connectivity index (χ3n) is 5.52. The van der Waals surface area contributed by atoms with Crippen molar-refractivity contribution in [1.82, 2.24) is 4.90 Å². The van der Waals surface area contributed by atoms with Crippen LogP contribution in [0, 0.1) is 12.8 Å². The van der Waals surface area contributed by atoms with Crippen molar-refractivity contribution in [3.05, 3.63) is 75.0 Å². The average Bonchev–Trinajstić information content (AvgIpc) is 3.35. The molecule has 29 heavy (non-hydrogen) atoms. The predicted octanol–water partition coefficient (Wildman–Crippen LogP) is 6.49. The highest BCUT2D eigenvalue weighted by atomic mass is 79.9. The summed E-state index contributed by atoms with van der Waals surface area (Å²) in [5, 5.41) is 3.99. The molecule has 1 atom stereocenters. The number of halogens is 1. The maximum Gasteiger partial charge on any atom is 0.291 e. The van der Waals surface area contributed by atoms with Gasteiger partial charge >= 0.3 is 0 Å². The molecular formula is C23H25BrN2O2S. The van der Waals surface area contributed by atoms with Crippen LogP contribution in [0.1, 0.15) is 52.4 Å². The molecule has 6 heteroatoms. The number of rotatable bonds is 5. The summed E-state index contributed by atoms with van der Waals surface area (Å²) in [6.45, 7) is 6.54. The first-order chi connectivity index (χ1) is 14.0. The summed E-state index contributed by atoms with van der Waals surface area (Å²) >= 11 is 5.17. The third kappa shape index (κ3) is 4.65. The first kappa shape index (κ1) is 20.4. The second-order valence-corrected chi connectivity index (χ2v) is 9.92. The smallest absolute Gasteiger partial charge is 0.291 e. The van der Waals surface area contributed by atoms with Crippen molar-refractivity contribution in [2.24, 2.45) is 5.92 Å². The van der Waals surface area contributed by atoms with Crippen LogP contribution in [0.3, 0.4) is 0 Å². The van der Waals surface area contributed by atoms with Crippen LogP contribution in [0.4, 0.5) is 5.00 Å². The van der Waals surface area contributed by atoms with E-state index in [0.717, 1.165) is 34.0 Å². The Hall–Kier alpha value is -1.89. The highest BCUT2D eigenvalue weighted by Gasteiger charge is 2.29. The van der Waals surface area contributed by atoms with Gasteiger partial charge in [0, 0.05) is 14.9 Å². The number of anilines is 1. The van der Waals surface area contributed by atoms with Gasteiger partial charge in [-0.2, -0.15) is 0 Å². The normalized spacial score (nSPS) is 16.7. The van der Waals surface area contributed by atoms with E-state index in [-0.39, 0.29) is 11.9 Å². The van der Waals surface area contributed by atoms with Crippen LogP contribution in [0.25, 0.3) is 0 Å². The number of hydrogen-bond donors (Lipinski definition) is 1. The van der Waals surface area contributed by atoms with E-state index in [1.165, 1.54) is 29.5 Å². The number of likely N-dealkylation sites (tertiary alicyclic amines) is 1. The van der Waals surface area contributed by atoms with Crippen LogP contribution >= 0.6 is 27.3 Å². The van der Waals surface area contributed by atoms with Gasteiger partial charge in [0.2, 0.25) is 0 Å². The summed E-state index contributed by atoms with van der Waals surface area (Å²) in [4.78, 5) is 16.4. The molecule has 0 saturated carbocycles. The Morgan fingerprint density at radius 3 is 2.62 bits per heavy atom. The number of nitrogens with zero attached hydrogens (tertiary/aromatic N) is 1. The van der Waals surface area contributed by atoms with Gasteiger partial charge in [-0.3, -0.25) is 9.69 Å². The first-order valence-electron chi connectivity index (χ1n) is 9.96. The molecule has 4 nitrogen and oxygen atoms in total. The number of piperidine rings is 1. The van der Waals surface area contributed by atoms with E-state index in [9.17, 15) is 4.79 Å². The van der Waals surface area contributed by atoms with E-state index in [2.05, 4.69) is 70.3 Å². The number of benzene rings is 1. The molecule has 1 saturated heterocycles. The Balaban J connectivity index is 1.70. The van der Waals surface area contributed by atoms with E-state index in [1.54, 1.807) is 23.5 Å². The fraction of sp³-hybridized carbons (Fsp3) is 0.348. The molecule has 0 radical (unpaired) electrons. The summed E-state index contributed by atoms with van der Waals surface area (Å²) in [5.41, 5.74) is 2.40. The second kappa shape index (κ2) is 8.86. The molecule has 0 spiro atoms. The molecule has 1 N–H and O–H groups in total. The van der Waals surface area contributed by atoms with E-state index >= 15 is 0 Å². The number of amides is 1. The third-order valence-corrected chi connectivity index (χ3v) is 7.03. The summed E-state index contributed by atoms with van der Waals surface area (Å²) in [6.07, 6.45) is 3.92.